The maximum atomic E-state index is 8.98. The highest BCUT2D eigenvalue weighted by Gasteiger charge is 2.32. The second kappa shape index (κ2) is 4.99. The Morgan fingerprint density at radius 2 is 2.22 bits per heavy atom. The number of likely N-dealkylation sites (tertiary alicyclic amines) is 1. The number of nitrogens with zero attached hydrogens (tertiary/aromatic N) is 2. The van der Waals surface area contributed by atoms with Gasteiger partial charge in [-0.25, -0.2) is 0 Å². The van der Waals surface area contributed by atoms with Crippen LogP contribution in [0.4, 0.5) is 0 Å². The molecule has 3 nitrogen and oxygen atoms in total. The maximum Gasteiger partial charge on any atom is 0.123 e. The molecule has 0 bridgehead atoms. The predicted octanol–water partition coefficient (Wildman–Crippen LogP) is 2.94. The molecule has 0 atom stereocenters. The first-order valence-corrected chi connectivity index (χ1v) is 6.39. The first kappa shape index (κ1) is 12.9. The summed E-state index contributed by atoms with van der Waals surface area (Å²) in [5.74, 6) is 0.872. The minimum atomic E-state index is 0.244. The second-order valence-corrected chi connectivity index (χ2v) is 5.48. The van der Waals surface area contributed by atoms with Crippen molar-refractivity contribution in [2.45, 2.75) is 38.8 Å². The first-order chi connectivity index (χ1) is 8.56. The summed E-state index contributed by atoms with van der Waals surface area (Å²) in [6.07, 6.45) is 2.47. The molecule has 0 spiro atoms. The van der Waals surface area contributed by atoms with Crippen LogP contribution in [0.25, 0.3) is 0 Å². The number of benzene rings is 1. The molecule has 96 valence electrons. The van der Waals surface area contributed by atoms with Crippen LogP contribution in [0, 0.1) is 11.3 Å². The van der Waals surface area contributed by atoms with Crippen molar-refractivity contribution >= 4 is 0 Å². The van der Waals surface area contributed by atoms with E-state index in [4.69, 9.17) is 10.00 Å². The molecule has 1 aliphatic heterocycles. The van der Waals surface area contributed by atoms with Crippen LogP contribution < -0.4 is 4.74 Å². The van der Waals surface area contributed by atoms with Crippen molar-refractivity contribution in [1.29, 1.82) is 5.26 Å². The van der Waals surface area contributed by atoms with Gasteiger partial charge in [0.25, 0.3) is 0 Å². The lowest BCUT2D eigenvalue weighted by Crippen LogP contribution is -2.37. The van der Waals surface area contributed by atoms with Crippen molar-refractivity contribution in [2.75, 3.05) is 13.7 Å². The van der Waals surface area contributed by atoms with Gasteiger partial charge < -0.3 is 4.74 Å². The van der Waals surface area contributed by atoms with Gasteiger partial charge >= 0.3 is 0 Å². The fourth-order valence-corrected chi connectivity index (χ4v) is 2.63. The van der Waals surface area contributed by atoms with Gasteiger partial charge in [0.2, 0.25) is 0 Å². The normalized spacial score (nSPS) is 18.6. The van der Waals surface area contributed by atoms with Gasteiger partial charge in [0.15, 0.2) is 0 Å². The number of ether oxygens (including phenoxy) is 1. The zero-order valence-electron chi connectivity index (χ0n) is 11.4. The third kappa shape index (κ3) is 2.49. The molecule has 1 aliphatic rings. The van der Waals surface area contributed by atoms with Gasteiger partial charge in [-0.05, 0) is 51.4 Å². The molecule has 0 aliphatic carbocycles. The van der Waals surface area contributed by atoms with Crippen LogP contribution >= 0.6 is 0 Å². The molecule has 1 saturated heterocycles. The highest BCUT2D eigenvalue weighted by Crippen LogP contribution is 2.32. The zero-order valence-corrected chi connectivity index (χ0v) is 11.4. The second-order valence-electron chi connectivity index (χ2n) is 5.48. The van der Waals surface area contributed by atoms with Gasteiger partial charge in [-0.2, -0.15) is 5.26 Å². The fourth-order valence-electron chi connectivity index (χ4n) is 2.63. The summed E-state index contributed by atoms with van der Waals surface area (Å²) in [5.41, 5.74) is 2.04. The van der Waals surface area contributed by atoms with E-state index in [1.54, 1.807) is 13.2 Å². The fraction of sp³-hybridized carbons (Fsp3) is 0.533. The average Bonchev–Trinajstić information content (AvgIpc) is 2.68. The van der Waals surface area contributed by atoms with E-state index in [1.165, 1.54) is 12.8 Å². The summed E-state index contributed by atoms with van der Waals surface area (Å²) in [4.78, 5) is 2.46. The lowest BCUT2D eigenvalue weighted by atomic mass is 10.0. The summed E-state index contributed by atoms with van der Waals surface area (Å²) in [6, 6.07) is 7.82. The molecule has 1 aromatic rings. The topological polar surface area (TPSA) is 36.3 Å². The van der Waals surface area contributed by atoms with Gasteiger partial charge in [0.05, 0.1) is 18.7 Å². The Labute approximate surface area is 109 Å². The average molecular weight is 244 g/mol. The van der Waals surface area contributed by atoms with E-state index < -0.39 is 0 Å². The standard InChI is InChI=1S/C15H20N2O/c1-15(2)7-4-8-17(15)11-13-9-12(10-16)5-6-14(13)18-3/h5-6,9H,4,7-8,11H2,1-3H3. The van der Waals surface area contributed by atoms with E-state index in [0.29, 0.717) is 5.56 Å². The molecular weight excluding hydrogens is 224 g/mol. The van der Waals surface area contributed by atoms with Gasteiger partial charge in [-0.3, -0.25) is 4.90 Å². The molecule has 0 saturated carbocycles. The first-order valence-electron chi connectivity index (χ1n) is 6.39. The largest absolute Gasteiger partial charge is 0.496 e. The minimum absolute atomic E-state index is 0.244. The van der Waals surface area contributed by atoms with Gasteiger partial charge in [0.1, 0.15) is 5.75 Å². The van der Waals surface area contributed by atoms with Crippen LogP contribution in [0.1, 0.15) is 37.8 Å². The van der Waals surface area contributed by atoms with Crippen LogP contribution in [0.5, 0.6) is 5.75 Å². The van der Waals surface area contributed by atoms with Gasteiger partial charge in [-0.15, -0.1) is 0 Å². The smallest absolute Gasteiger partial charge is 0.123 e. The van der Waals surface area contributed by atoms with E-state index in [1.807, 2.05) is 12.1 Å². The number of hydrogen-bond acceptors (Lipinski definition) is 3. The predicted molar refractivity (Wildman–Crippen MR) is 71.4 cm³/mol. The van der Waals surface area contributed by atoms with E-state index in [-0.39, 0.29) is 5.54 Å². The Hall–Kier alpha value is -1.53. The SMILES string of the molecule is COc1ccc(C#N)cc1CN1CCCC1(C)C. The monoisotopic (exact) mass is 244 g/mol. The Kier molecular flexibility index (Phi) is 3.58. The van der Waals surface area contributed by atoms with Crippen molar-refractivity contribution in [3.05, 3.63) is 29.3 Å². The van der Waals surface area contributed by atoms with Crippen LogP contribution in [0.15, 0.2) is 18.2 Å². The zero-order chi connectivity index (χ0) is 13.2. The van der Waals surface area contributed by atoms with E-state index in [2.05, 4.69) is 24.8 Å². The number of methoxy groups -OCH3 is 1. The molecule has 0 unspecified atom stereocenters. The molecule has 0 N–H and O–H groups in total. The number of rotatable bonds is 3. The molecule has 0 amide bonds. The Bertz CT molecular complexity index is 474. The van der Waals surface area contributed by atoms with Crippen LogP contribution in [-0.4, -0.2) is 24.1 Å². The molecule has 1 aromatic carbocycles. The van der Waals surface area contributed by atoms with E-state index in [9.17, 15) is 0 Å². The van der Waals surface area contributed by atoms with Gasteiger partial charge in [-0.1, -0.05) is 0 Å². The van der Waals surface area contributed by atoms with E-state index in [0.717, 1.165) is 24.4 Å². The third-order valence-electron chi connectivity index (χ3n) is 3.84. The molecular formula is C15H20N2O. The molecule has 1 heterocycles. The van der Waals surface area contributed by atoms with Crippen LogP contribution in [-0.2, 0) is 6.54 Å². The molecule has 0 radical (unpaired) electrons. The maximum absolute atomic E-state index is 8.98. The van der Waals surface area contributed by atoms with Gasteiger partial charge in [0, 0.05) is 17.6 Å². The Morgan fingerprint density at radius 1 is 1.44 bits per heavy atom. The Morgan fingerprint density at radius 3 is 2.78 bits per heavy atom. The van der Waals surface area contributed by atoms with E-state index >= 15 is 0 Å². The van der Waals surface area contributed by atoms with Crippen molar-refractivity contribution in [3.8, 4) is 11.8 Å². The summed E-state index contributed by atoms with van der Waals surface area (Å²) >= 11 is 0. The molecule has 18 heavy (non-hydrogen) atoms. The molecule has 0 aromatic heterocycles. The third-order valence-corrected chi connectivity index (χ3v) is 3.84. The van der Waals surface area contributed by atoms with Crippen LogP contribution in [0.3, 0.4) is 0 Å². The lowest BCUT2D eigenvalue weighted by Gasteiger charge is -2.32. The number of nitriles is 1. The highest BCUT2D eigenvalue weighted by molar-refractivity contribution is 5.42. The van der Waals surface area contributed by atoms with Crippen molar-refractivity contribution in [3.63, 3.8) is 0 Å². The minimum Gasteiger partial charge on any atom is -0.496 e. The summed E-state index contributed by atoms with van der Waals surface area (Å²) in [6.45, 7) is 6.53. The lowest BCUT2D eigenvalue weighted by molar-refractivity contribution is 0.165. The molecule has 1 fully saturated rings. The van der Waals surface area contributed by atoms with Crippen molar-refractivity contribution in [2.24, 2.45) is 0 Å². The Balaban J connectivity index is 2.25. The summed E-state index contributed by atoms with van der Waals surface area (Å²) in [7, 11) is 1.68. The summed E-state index contributed by atoms with van der Waals surface area (Å²) in [5, 5.41) is 8.98. The van der Waals surface area contributed by atoms with Crippen molar-refractivity contribution in [1.82, 2.24) is 4.90 Å². The number of hydrogen-bond donors (Lipinski definition) is 0. The summed E-state index contributed by atoms with van der Waals surface area (Å²) < 4.78 is 5.39. The molecule has 2 rings (SSSR count). The highest BCUT2D eigenvalue weighted by atomic mass is 16.5. The molecule has 3 heteroatoms. The van der Waals surface area contributed by atoms with Crippen LogP contribution in [0.2, 0.25) is 0 Å². The van der Waals surface area contributed by atoms with Crippen molar-refractivity contribution < 1.29 is 4.74 Å². The quantitative estimate of drug-likeness (QED) is 0.820.